The second-order valence-corrected chi connectivity index (χ2v) is 10.1. The molecule has 8 atom stereocenters. The van der Waals surface area contributed by atoms with Crippen LogP contribution in [0.5, 0.6) is 0 Å². The minimum absolute atomic E-state index is 0.0180. The van der Waals surface area contributed by atoms with E-state index in [1.807, 2.05) is 13.0 Å². The standard InChI is InChI=1S/C25H31NO6/c1-13-26-25(20(30)12-31-14(2)27)21(32-13)10-18-17-6-5-15-9-16(28)7-8-23(15,3)22(17)19(29)11-24(18,25)4/h7-9,17-19,21-22,29H,5-6,10-12H2,1-4H3/t17-,18-,19-,21+,22+,23-,24-,25+/m0/s1/i1D2,2D3,12D2. The normalized spacial score (nSPS) is 50.3. The lowest BCUT2D eigenvalue weighted by Gasteiger charge is -2.59. The molecule has 5 rings (SSSR count). The maximum Gasteiger partial charge on any atom is 0.303 e. The van der Waals surface area contributed by atoms with Crippen LogP contribution in [0, 0.1) is 28.6 Å². The summed E-state index contributed by atoms with van der Waals surface area (Å²) in [4.78, 5) is 42.6. The summed E-state index contributed by atoms with van der Waals surface area (Å²) in [6.45, 7) is -4.76. The Kier molecular flexibility index (Phi) is 3.17. The van der Waals surface area contributed by atoms with E-state index in [0.717, 1.165) is 5.57 Å². The Labute approximate surface area is 197 Å². The average molecular weight is 449 g/mol. The molecule has 3 saturated carbocycles. The zero-order valence-electron chi connectivity index (χ0n) is 25.0. The van der Waals surface area contributed by atoms with Crippen LogP contribution in [-0.4, -0.2) is 52.8 Å². The number of hydrogen-bond acceptors (Lipinski definition) is 7. The van der Waals surface area contributed by atoms with E-state index in [1.54, 1.807) is 13.0 Å². The van der Waals surface area contributed by atoms with Crippen LogP contribution in [0.3, 0.4) is 0 Å². The van der Waals surface area contributed by atoms with Crippen LogP contribution in [0.4, 0.5) is 0 Å². The van der Waals surface area contributed by atoms with Crippen LogP contribution < -0.4 is 0 Å². The van der Waals surface area contributed by atoms with Gasteiger partial charge in [-0.25, -0.2) is 4.99 Å². The molecule has 1 heterocycles. The Morgan fingerprint density at radius 2 is 2.25 bits per heavy atom. The third kappa shape index (κ3) is 2.63. The number of hydrogen-bond donors (Lipinski definition) is 1. The van der Waals surface area contributed by atoms with Gasteiger partial charge < -0.3 is 14.6 Å². The number of rotatable bonds is 3. The van der Waals surface area contributed by atoms with Gasteiger partial charge in [0, 0.05) is 37.3 Å². The molecular formula is C25H31NO6. The van der Waals surface area contributed by atoms with Crippen LogP contribution in [0.25, 0.3) is 0 Å². The number of carbonyl (C=O) groups excluding carboxylic acids is 3. The summed E-state index contributed by atoms with van der Waals surface area (Å²) < 4.78 is 64.4. The summed E-state index contributed by atoms with van der Waals surface area (Å²) in [6, 6.07) is 0. The Hall–Kier alpha value is -2.28. The molecule has 32 heavy (non-hydrogen) atoms. The number of fused-ring (bicyclic) bond motifs is 7. The third-order valence-electron chi connectivity index (χ3n) is 8.82. The summed E-state index contributed by atoms with van der Waals surface area (Å²) in [7, 11) is 0. The fraction of sp³-hybridized carbons (Fsp3) is 0.680. The second kappa shape index (κ2) is 6.86. The van der Waals surface area contributed by atoms with E-state index in [0.29, 0.717) is 12.8 Å². The summed E-state index contributed by atoms with van der Waals surface area (Å²) in [5.41, 5.74) is -2.97. The summed E-state index contributed by atoms with van der Waals surface area (Å²) in [5, 5.41) is 11.7. The average Bonchev–Trinajstić information content (AvgIpc) is 3.31. The number of allylic oxidation sites excluding steroid dienone is 4. The monoisotopic (exact) mass is 448 g/mol. The SMILES string of the molecule is [2H]C([2H])C1=N[C@]2(C(=O)C([2H])([2H])OC(=O)C([2H])([2H])[2H])[C@@H](C[C@H]3[C@@H]4CCC5=CC(=O)C=C[C@]5(C)[C@H]4[C@@H](O)C[C@@]32C)O1. The van der Waals surface area contributed by atoms with Crippen molar-refractivity contribution in [3.05, 3.63) is 23.8 Å². The molecule has 7 heteroatoms. The first kappa shape index (κ1) is 14.8. The fourth-order valence-corrected chi connectivity index (χ4v) is 7.62. The molecule has 5 aliphatic rings. The van der Waals surface area contributed by atoms with E-state index < -0.39 is 66.5 Å². The van der Waals surface area contributed by atoms with Gasteiger partial charge in [-0.1, -0.05) is 25.5 Å². The Bertz CT molecular complexity index is 1230. The van der Waals surface area contributed by atoms with Crippen LogP contribution in [0.2, 0.25) is 0 Å². The number of esters is 1. The smallest absolute Gasteiger partial charge is 0.303 e. The highest BCUT2D eigenvalue weighted by atomic mass is 16.5. The maximum atomic E-state index is 14.1. The van der Waals surface area contributed by atoms with E-state index in [4.69, 9.17) is 14.3 Å². The number of nitrogens with zero attached hydrogens (tertiary/aromatic N) is 1. The molecule has 0 unspecified atom stereocenters. The van der Waals surface area contributed by atoms with Gasteiger partial charge in [-0.15, -0.1) is 0 Å². The summed E-state index contributed by atoms with van der Waals surface area (Å²) >= 11 is 0. The van der Waals surface area contributed by atoms with Crippen LogP contribution in [-0.2, 0) is 23.9 Å². The molecular weight excluding hydrogens is 410 g/mol. The van der Waals surface area contributed by atoms with Gasteiger partial charge in [0.05, 0.1) is 8.85 Å². The van der Waals surface area contributed by atoms with Gasteiger partial charge in [0.15, 0.2) is 23.8 Å². The zero-order chi connectivity index (χ0) is 28.9. The predicted octanol–water partition coefficient (Wildman–Crippen LogP) is 2.56. The maximum absolute atomic E-state index is 14.1. The lowest BCUT2D eigenvalue weighted by Crippen LogP contribution is -2.62. The number of Topliss-reactive ketones (excluding diaryl/α,β-unsaturated/α-hetero) is 1. The van der Waals surface area contributed by atoms with Crippen LogP contribution in [0.15, 0.2) is 28.8 Å². The van der Waals surface area contributed by atoms with Gasteiger partial charge in [-0.05, 0) is 49.7 Å². The quantitative estimate of drug-likeness (QED) is 0.666. The topological polar surface area (TPSA) is 102 Å². The van der Waals surface area contributed by atoms with Crippen molar-refractivity contribution in [2.45, 2.75) is 71.0 Å². The fourth-order valence-electron chi connectivity index (χ4n) is 7.62. The minimum Gasteiger partial charge on any atom is -0.475 e. The molecule has 0 saturated heterocycles. The van der Waals surface area contributed by atoms with Gasteiger partial charge in [-0.3, -0.25) is 14.4 Å². The molecule has 1 aliphatic heterocycles. The van der Waals surface area contributed by atoms with Crippen molar-refractivity contribution in [1.29, 1.82) is 0 Å². The molecule has 3 fully saturated rings. The number of carbonyl (C=O) groups is 3. The minimum atomic E-state index is -3.41. The lowest BCUT2D eigenvalue weighted by molar-refractivity contribution is -0.155. The Morgan fingerprint density at radius 3 is 3.00 bits per heavy atom. The second-order valence-electron chi connectivity index (χ2n) is 10.1. The van der Waals surface area contributed by atoms with Crippen molar-refractivity contribution < 1.29 is 38.6 Å². The third-order valence-corrected chi connectivity index (χ3v) is 8.82. The molecule has 1 N–H and O–H groups in total. The van der Waals surface area contributed by atoms with Gasteiger partial charge in [-0.2, -0.15) is 0 Å². The van der Waals surface area contributed by atoms with Crippen molar-refractivity contribution in [1.82, 2.24) is 0 Å². The van der Waals surface area contributed by atoms with Crippen LogP contribution >= 0.6 is 0 Å². The predicted molar refractivity (Wildman–Crippen MR) is 116 cm³/mol. The molecule has 0 spiro atoms. The van der Waals surface area contributed by atoms with Crippen molar-refractivity contribution in [2.75, 3.05) is 6.56 Å². The summed E-state index contributed by atoms with van der Waals surface area (Å²) in [6.07, 6.45) is 4.21. The molecule has 0 aromatic heterocycles. The molecule has 0 aromatic carbocycles. The first-order chi connectivity index (χ1) is 17.9. The first-order valence-electron chi connectivity index (χ1n) is 14.6. The van der Waals surface area contributed by atoms with E-state index in [-0.39, 0.29) is 36.4 Å². The number of ketones is 2. The number of ether oxygens (including phenoxy) is 2. The van der Waals surface area contributed by atoms with Gasteiger partial charge in [0.2, 0.25) is 5.78 Å². The van der Waals surface area contributed by atoms with Gasteiger partial charge >= 0.3 is 5.97 Å². The van der Waals surface area contributed by atoms with E-state index in [1.165, 1.54) is 6.08 Å². The van der Waals surface area contributed by atoms with Crippen molar-refractivity contribution in [3.63, 3.8) is 0 Å². The van der Waals surface area contributed by atoms with Crippen molar-refractivity contribution >= 4 is 23.4 Å². The van der Waals surface area contributed by atoms with Crippen molar-refractivity contribution in [2.24, 2.45) is 33.6 Å². The zero-order valence-corrected chi connectivity index (χ0v) is 18.0. The molecule has 7 nitrogen and oxygen atoms in total. The molecule has 4 aliphatic carbocycles. The van der Waals surface area contributed by atoms with E-state index in [2.05, 4.69) is 9.73 Å². The highest BCUT2D eigenvalue weighted by molar-refractivity contribution is 6.01. The van der Waals surface area contributed by atoms with Crippen LogP contribution in [0.1, 0.15) is 62.9 Å². The summed E-state index contributed by atoms with van der Waals surface area (Å²) in [5.74, 6) is -4.53. The lowest BCUT2D eigenvalue weighted by atomic mass is 9.46. The number of aliphatic hydroxyl groups excluding tert-OH is 1. The van der Waals surface area contributed by atoms with E-state index in [9.17, 15) is 19.5 Å². The van der Waals surface area contributed by atoms with Crippen molar-refractivity contribution in [3.8, 4) is 0 Å². The first-order valence-corrected chi connectivity index (χ1v) is 10.9. The van der Waals surface area contributed by atoms with E-state index >= 15 is 0 Å². The van der Waals surface area contributed by atoms with Gasteiger partial charge in [0.25, 0.3) is 0 Å². The molecule has 172 valence electrons. The molecule has 0 amide bonds. The Morgan fingerprint density at radius 1 is 1.44 bits per heavy atom. The van der Waals surface area contributed by atoms with Gasteiger partial charge in [0.1, 0.15) is 6.10 Å². The highest BCUT2D eigenvalue weighted by Gasteiger charge is 2.74. The molecule has 0 aromatic rings. The Balaban J connectivity index is 1.59. The number of aliphatic imine (C=N–C) groups is 1. The molecule has 0 bridgehead atoms. The highest BCUT2D eigenvalue weighted by Crippen LogP contribution is 2.69. The molecule has 0 radical (unpaired) electrons. The number of aliphatic hydroxyl groups is 1. The largest absolute Gasteiger partial charge is 0.475 e.